The van der Waals surface area contributed by atoms with Gasteiger partial charge in [0.1, 0.15) is 6.04 Å². The zero-order valence-electron chi connectivity index (χ0n) is 11.0. The molecule has 6 heteroatoms. The Labute approximate surface area is 106 Å². The van der Waals surface area contributed by atoms with Crippen molar-refractivity contribution >= 4 is 17.5 Å². The van der Waals surface area contributed by atoms with Gasteiger partial charge in [-0.25, -0.2) is 0 Å². The quantitative estimate of drug-likeness (QED) is 0.763. The summed E-state index contributed by atoms with van der Waals surface area (Å²) in [7, 11) is 3.52. The number of aromatic nitrogens is 2. The fraction of sp³-hybridized carbons (Fsp3) is 0.583. The molecule has 0 aliphatic carbocycles. The van der Waals surface area contributed by atoms with Gasteiger partial charge >= 0.3 is 0 Å². The van der Waals surface area contributed by atoms with E-state index in [2.05, 4.69) is 5.10 Å². The number of carbonyl (C=O) groups is 2. The summed E-state index contributed by atoms with van der Waals surface area (Å²) in [6.07, 6.45) is 5.05. The highest BCUT2D eigenvalue weighted by atomic mass is 16.2. The molecule has 98 valence electrons. The van der Waals surface area contributed by atoms with Crippen LogP contribution in [0.1, 0.15) is 19.8 Å². The standard InChI is InChI=1S/C12H18N4O2/c1-9(17)16-6-4-5-11(16)12(18)15(3)10-7-13-14(2)8-10/h7-8,11H,4-6H2,1-3H3. The molecular formula is C12H18N4O2. The van der Waals surface area contributed by atoms with Crippen molar-refractivity contribution < 1.29 is 9.59 Å². The van der Waals surface area contributed by atoms with Gasteiger partial charge in [-0.1, -0.05) is 0 Å². The van der Waals surface area contributed by atoms with Gasteiger partial charge in [0, 0.05) is 33.8 Å². The van der Waals surface area contributed by atoms with Gasteiger partial charge < -0.3 is 9.80 Å². The molecule has 1 fully saturated rings. The smallest absolute Gasteiger partial charge is 0.249 e. The molecule has 1 aliphatic rings. The van der Waals surface area contributed by atoms with Gasteiger partial charge in [0.15, 0.2) is 0 Å². The van der Waals surface area contributed by atoms with Gasteiger partial charge in [-0.3, -0.25) is 14.3 Å². The maximum absolute atomic E-state index is 12.4. The van der Waals surface area contributed by atoms with Crippen LogP contribution >= 0.6 is 0 Å². The van der Waals surface area contributed by atoms with Gasteiger partial charge in [-0.05, 0) is 12.8 Å². The number of likely N-dealkylation sites (N-methyl/N-ethyl adjacent to an activating group) is 1. The minimum Gasteiger partial charge on any atom is -0.331 e. The van der Waals surface area contributed by atoms with Gasteiger partial charge in [-0.15, -0.1) is 0 Å². The maximum Gasteiger partial charge on any atom is 0.249 e. The predicted molar refractivity (Wildman–Crippen MR) is 67.0 cm³/mol. The molecule has 6 nitrogen and oxygen atoms in total. The average molecular weight is 250 g/mol. The van der Waals surface area contributed by atoms with Crippen LogP contribution in [0.15, 0.2) is 12.4 Å². The Hall–Kier alpha value is -1.85. The van der Waals surface area contributed by atoms with Crippen LogP contribution in [0.5, 0.6) is 0 Å². The van der Waals surface area contributed by atoms with Crippen molar-refractivity contribution in [2.75, 3.05) is 18.5 Å². The van der Waals surface area contributed by atoms with Gasteiger partial charge in [0.25, 0.3) is 0 Å². The molecule has 1 atom stereocenters. The van der Waals surface area contributed by atoms with Crippen molar-refractivity contribution in [2.45, 2.75) is 25.8 Å². The molecular weight excluding hydrogens is 232 g/mol. The molecule has 18 heavy (non-hydrogen) atoms. The Morgan fingerprint density at radius 2 is 2.22 bits per heavy atom. The summed E-state index contributed by atoms with van der Waals surface area (Å²) in [5.74, 6) is -0.0823. The fourth-order valence-corrected chi connectivity index (χ4v) is 2.33. The number of anilines is 1. The molecule has 1 saturated heterocycles. The van der Waals surface area contributed by atoms with Crippen LogP contribution in [0.25, 0.3) is 0 Å². The molecule has 0 saturated carbocycles. The van der Waals surface area contributed by atoms with Crippen LogP contribution in [0.3, 0.4) is 0 Å². The van der Waals surface area contributed by atoms with Gasteiger partial charge in [-0.2, -0.15) is 5.10 Å². The van der Waals surface area contributed by atoms with Crippen molar-refractivity contribution in [2.24, 2.45) is 7.05 Å². The molecule has 0 N–H and O–H groups in total. The Kier molecular flexibility index (Phi) is 3.36. The summed E-state index contributed by atoms with van der Waals surface area (Å²) >= 11 is 0. The Balaban J connectivity index is 2.13. The number of amides is 2. The summed E-state index contributed by atoms with van der Waals surface area (Å²) in [4.78, 5) is 27.0. The van der Waals surface area contributed by atoms with E-state index in [1.165, 1.54) is 6.92 Å². The predicted octanol–water partition coefficient (Wildman–Crippen LogP) is 0.394. The van der Waals surface area contributed by atoms with Crippen molar-refractivity contribution in [1.29, 1.82) is 0 Å². The number of aryl methyl sites for hydroxylation is 1. The van der Waals surface area contributed by atoms with E-state index in [-0.39, 0.29) is 17.9 Å². The fourth-order valence-electron chi connectivity index (χ4n) is 2.33. The highest BCUT2D eigenvalue weighted by molar-refractivity contribution is 5.98. The Morgan fingerprint density at radius 3 is 2.78 bits per heavy atom. The van der Waals surface area contributed by atoms with E-state index in [0.29, 0.717) is 6.54 Å². The molecule has 2 heterocycles. The molecule has 1 aliphatic heterocycles. The van der Waals surface area contributed by atoms with Crippen LogP contribution in [-0.2, 0) is 16.6 Å². The Morgan fingerprint density at radius 1 is 1.50 bits per heavy atom. The first-order valence-electron chi connectivity index (χ1n) is 6.04. The van der Waals surface area contributed by atoms with Crippen LogP contribution in [-0.4, -0.2) is 46.1 Å². The van der Waals surface area contributed by atoms with E-state index in [1.54, 1.807) is 41.0 Å². The van der Waals surface area contributed by atoms with Crippen LogP contribution < -0.4 is 4.90 Å². The highest BCUT2D eigenvalue weighted by Gasteiger charge is 2.34. The number of rotatable bonds is 2. The summed E-state index contributed by atoms with van der Waals surface area (Å²) in [5, 5.41) is 4.04. The zero-order chi connectivity index (χ0) is 13.3. The van der Waals surface area contributed by atoms with Crippen LogP contribution in [0.2, 0.25) is 0 Å². The third-order valence-corrected chi connectivity index (χ3v) is 3.35. The normalized spacial score (nSPS) is 19.1. The molecule has 0 radical (unpaired) electrons. The number of hydrogen-bond donors (Lipinski definition) is 0. The summed E-state index contributed by atoms with van der Waals surface area (Å²) in [6, 6.07) is -0.326. The zero-order valence-corrected chi connectivity index (χ0v) is 11.0. The molecule has 0 spiro atoms. The Bertz CT molecular complexity index is 468. The summed E-state index contributed by atoms with van der Waals surface area (Å²) < 4.78 is 1.65. The summed E-state index contributed by atoms with van der Waals surface area (Å²) in [6.45, 7) is 2.18. The van der Waals surface area contributed by atoms with Crippen molar-refractivity contribution in [3.63, 3.8) is 0 Å². The minimum absolute atomic E-state index is 0.0366. The molecule has 0 bridgehead atoms. The minimum atomic E-state index is -0.326. The number of nitrogens with zero attached hydrogens (tertiary/aromatic N) is 4. The second-order valence-electron chi connectivity index (χ2n) is 4.64. The lowest BCUT2D eigenvalue weighted by molar-refractivity contribution is -0.135. The average Bonchev–Trinajstić information content (AvgIpc) is 2.95. The number of hydrogen-bond acceptors (Lipinski definition) is 3. The van der Waals surface area contributed by atoms with Crippen molar-refractivity contribution in [3.8, 4) is 0 Å². The van der Waals surface area contributed by atoms with Crippen LogP contribution in [0, 0.1) is 0 Å². The lowest BCUT2D eigenvalue weighted by Crippen LogP contribution is -2.45. The van der Waals surface area contributed by atoms with E-state index in [9.17, 15) is 9.59 Å². The van der Waals surface area contributed by atoms with E-state index in [4.69, 9.17) is 0 Å². The molecule has 0 aromatic carbocycles. The van der Waals surface area contributed by atoms with Crippen LogP contribution in [0.4, 0.5) is 5.69 Å². The number of likely N-dealkylation sites (tertiary alicyclic amines) is 1. The third-order valence-electron chi connectivity index (χ3n) is 3.35. The second kappa shape index (κ2) is 4.80. The number of carbonyl (C=O) groups excluding carboxylic acids is 2. The molecule has 1 unspecified atom stereocenters. The van der Waals surface area contributed by atoms with E-state index >= 15 is 0 Å². The topological polar surface area (TPSA) is 58.4 Å². The lowest BCUT2D eigenvalue weighted by atomic mass is 10.2. The van der Waals surface area contributed by atoms with E-state index in [1.807, 2.05) is 0 Å². The largest absolute Gasteiger partial charge is 0.331 e. The first-order chi connectivity index (χ1) is 8.50. The first-order valence-corrected chi connectivity index (χ1v) is 6.04. The highest BCUT2D eigenvalue weighted by Crippen LogP contribution is 2.21. The summed E-state index contributed by atoms with van der Waals surface area (Å²) in [5.41, 5.74) is 0.748. The van der Waals surface area contributed by atoms with Gasteiger partial charge in [0.05, 0.1) is 11.9 Å². The first kappa shape index (κ1) is 12.6. The van der Waals surface area contributed by atoms with E-state index in [0.717, 1.165) is 18.5 Å². The van der Waals surface area contributed by atoms with Crippen molar-refractivity contribution in [3.05, 3.63) is 12.4 Å². The molecule has 1 aromatic rings. The van der Waals surface area contributed by atoms with Crippen molar-refractivity contribution in [1.82, 2.24) is 14.7 Å². The van der Waals surface area contributed by atoms with E-state index < -0.39 is 0 Å². The SMILES string of the molecule is CC(=O)N1CCCC1C(=O)N(C)c1cnn(C)c1. The molecule has 1 aromatic heterocycles. The lowest BCUT2D eigenvalue weighted by Gasteiger charge is -2.26. The van der Waals surface area contributed by atoms with Gasteiger partial charge in [0.2, 0.25) is 11.8 Å². The molecule has 2 rings (SSSR count). The second-order valence-corrected chi connectivity index (χ2v) is 4.64. The third kappa shape index (κ3) is 2.23. The monoisotopic (exact) mass is 250 g/mol. The molecule has 2 amide bonds. The maximum atomic E-state index is 12.4.